The second kappa shape index (κ2) is 5.60. The van der Waals surface area contributed by atoms with Crippen LogP contribution in [0.25, 0.3) is 0 Å². The van der Waals surface area contributed by atoms with Crippen LogP contribution >= 0.6 is 0 Å². The van der Waals surface area contributed by atoms with Crippen LogP contribution < -0.4 is 0 Å². The third kappa shape index (κ3) is 2.70. The van der Waals surface area contributed by atoms with E-state index < -0.39 is 0 Å². The minimum atomic E-state index is -0.305. The molecule has 3 heteroatoms. The number of carbonyl (C=O) groups excluding carboxylic acids is 1. The summed E-state index contributed by atoms with van der Waals surface area (Å²) in [6.07, 6.45) is 4.19. The molecule has 0 radical (unpaired) electrons. The highest BCUT2D eigenvalue weighted by molar-refractivity contribution is 5.95. The molecule has 0 aliphatic rings. The first-order valence-electron chi connectivity index (χ1n) is 4.98. The summed E-state index contributed by atoms with van der Waals surface area (Å²) in [5.74, 6) is -0.0489. The third-order valence-corrected chi connectivity index (χ3v) is 2.26. The summed E-state index contributed by atoms with van der Waals surface area (Å²) < 4.78 is 5.00. The van der Waals surface area contributed by atoms with Gasteiger partial charge in [0.05, 0.1) is 12.9 Å². The largest absolute Gasteiger partial charge is 0.461 e. The van der Waals surface area contributed by atoms with Crippen LogP contribution in [0.5, 0.6) is 0 Å². The van der Waals surface area contributed by atoms with Crippen LogP contribution in [0.4, 0.5) is 0 Å². The molecule has 0 aromatic carbocycles. The van der Waals surface area contributed by atoms with E-state index >= 15 is 0 Å². The highest BCUT2D eigenvalue weighted by atomic mass is 16.3. The number of furan rings is 1. The molecule has 1 aromatic heterocycles. The van der Waals surface area contributed by atoms with Crippen LogP contribution in [0.15, 0.2) is 22.8 Å². The number of ketones is 1. The topological polar surface area (TPSA) is 50.4 Å². The number of unbranched alkanes of at least 4 members (excludes halogenated alkanes) is 1. The molecule has 1 unspecified atom stereocenters. The fourth-order valence-electron chi connectivity index (χ4n) is 1.38. The molecule has 1 N–H and O–H groups in total. The van der Waals surface area contributed by atoms with Crippen molar-refractivity contribution in [3.8, 4) is 0 Å². The van der Waals surface area contributed by atoms with Crippen molar-refractivity contribution in [2.75, 3.05) is 6.61 Å². The average molecular weight is 196 g/mol. The van der Waals surface area contributed by atoms with E-state index in [1.54, 1.807) is 12.1 Å². The molecule has 1 atom stereocenters. The Morgan fingerprint density at radius 3 is 2.93 bits per heavy atom. The first-order chi connectivity index (χ1) is 6.79. The molecule has 1 aromatic rings. The van der Waals surface area contributed by atoms with Crippen LogP contribution in [-0.2, 0) is 0 Å². The Hall–Kier alpha value is -1.09. The lowest BCUT2D eigenvalue weighted by Crippen LogP contribution is -2.18. The highest BCUT2D eigenvalue weighted by Crippen LogP contribution is 2.15. The highest BCUT2D eigenvalue weighted by Gasteiger charge is 2.20. The maximum atomic E-state index is 11.7. The van der Waals surface area contributed by atoms with Gasteiger partial charge in [-0.3, -0.25) is 4.79 Å². The monoisotopic (exact) mass is 196 g/mol. The smallest absolute Gasteiger partial charge is 0.203 e. The predicted molar refractivity (Wildman–Crippen MR) is 53.1 cm³/mol. The average Bonchev–Trinajstić information content (AvgIpc) is 2.71. The summed E-state index contributed by atoms with van der Waals surface area (Å²) in [6, 6.07) is 3.32. The molecule has 14 heavy (non-hydrogen) atoms. The normalized spacial score (nSPS) is 12.7. The van der Waals surface area contributed by atoms with Gasteiger partial charge >= 0.3 is 0 Å². The van der Waals surface area contributed by atoms with E-state index in [4.69, 9.17) is 9.52 Å². The molecule has 1 heterocycles. The Morgan fingerprint density at radius 1 is 1.64 bits per heavy atom. The molecule has 78 valence electrons. The molecular weight excluding hydrogens is 180 g/mol. The van der Waals surface area contributed by atoms with E-state index in [2.05, 4.69) is 6.92 Å². The van der Waals surface area contributed by atoms with E-state index in [0.717, 1.165) is 19.3 Å². The van der Waals surface area contributed by atoms with E-state index in [9.17, 15) is 4.79 Å². The first-order valence-corrected chi connectivity index (χ1v) is 4.98. The van der Waals surface area contributed by atoms with Crippen molar-refractivity contribution in [1.29, 1.82) is 0 Å². The number of hydrogen-bond donors (Lipinski definition) is 1. The Balaban J connectivity index is 2.56. The van der Waals surface area contributed by atoms with E-state index in [-0.39, 0.29) is 18.3 Å². The number of carbonyl (C=O) groups is 1. The minimum absolute atomic E-state index is 0.0917. The molecule has 0 aliphatic carbocycles. The second-order valence-electron chi connectivity index (χ2n) is 3.36. The SMILES string of the molecule is CCCCC(CO)C(=O)c1ccco1. The molecule has 3 nitrogen and oxygen atoms in total. The Morgan fingerprint density at radius 2 is 2.43 bits per heavy atom. The van der Waals surface area contributed by atoms with Gasteiger partial charge in [0.15, 0.2) is 5.76 Å². The van der Waals surface area contributed by atoms with E-state index in [1.807, 2.05) is 0 Å². The molecular formula is C11H16O3. The van der Waals surface area contributed by atoms with Crippen LogP contribution in [0.3, 0.4) is 0 Å². The van der Waals surface area contributed by atoms with Gasteiger partial charge in [-0.1, -0.05) is 19.8 Å². The minimum Gasteiger partial charge on any atom is -0.461 e. The van der Waals surface area contributed by atoms with Gasteiger partial charge in [-0.15, -0.1) is 0 Å². The second-order valence-corrected chi connectivity index (χ2v) is 3.36. The van der Waals surface area contributed by atoms with Crippen LogP contribution in [-0.4, -0.2) is 17.5 Å². The lowest BCUT2D eigenvalue weighted by atomic mass is 9.97. The van der Waals surface area contributed by atoms with E-state index in [0.29, 0.717) is 5.76 Å². The van der Waals surface area contributed by atoms with Gasteiger partial charge in [-0.2, -0.15) is 0 Å². The van der Waals surface area contributed by atoms with Crippen molar-refractivity contribution in [3.05, 3.63) is 24.2 Å². The summed E-state index contributed by atoms with van der Waals surface area (Å²) in [6.45, 7) is 1.96. The zero-order valence-corrected chi connectivity index (χ0v) is 8.40. The van der Waals surface area contributed by atoms with Crippen molar-refractivity contribution in [2.45, 2.75) is 26.2 Å². The van der Waals surface area contributed by atoms with Crippen LogP contribution in [0.2, 0.25) is 0 Å². The summed E-state index contributed by atoms with van der Waals surface area (Å²) in [4.78, 5) is 11.7. The fraction of sp³-hybridized carbons (Fsp3) is 0.545. The van der Waals surface area contributed by atoms with Crippen molar-refractivity contribution in [3.63, 3.8) is 0 Å². The number of Topliss-reactive ketones (excluding diaryl/α,β-unsaturated/α-hetero) is 1. The number of aliphatic hydroxyl groups is 1. The molecule has 0 spiro atoms. The van der Waals surface area contributed by atoms with E-state index in [1.165, 1.54) is 6.26 Å². The van der Waals surface area contributed by atoms with Gasteiger partial charge in [0.2, 0.25) is 5.78 Å². The first kappa shape index (κ1) is 11.0. The van der Waals surface area contributed by atoms with Crippen molar-refractivity contribution in [2.24, 2.45) is 5.92 Å². The lowest BCUT2D eigenvalue weighted by Gasteiger charge is -2.09. The number of rotatable bonds is 6. The predicted octanol–water partition coefficient (Wildman–Crippen LogP) is 2.26. The Labute approximate surface area is 83.7 Å². The molecule has 0 amide bonds. The lowest BCUT2D eigenvalue weighted by molar-refractivity contribution is 0.0819. The van der Waals surface area contributed by atoms with Crippen molar-refractivity contribution < 1.29 is 14.3 Å². The van der Waals surface area contributed by atoms with Gasteiger partial charge in [-0.25, -0.2) is 0 Å². The third-order valence-electron chi connectivity index (χ3n) is 2.26. The van der Waals surface area contributed by atoms with Gasteiger partial charge in [0, 0.05) is 5.92 Å². The Kier molecular flexibility index (Phi) is 4.40. The standard InChI is InChI=1S/C11H16O3/c1-2-3-5-9(8-12)11(13)10-6-4-7-14-10/h4,6-7,9,12H,2-3,5,8H2,1H3. The molecule has 0 saturated carbocycles. The molecule has 1 rings (SSSR count). The maximum absolute atomic E-state index is 11.7. The zero-order valence-electron chi connectivity index (χ0n) is 8.40. The quantitative estimate of drug-likeness (QED) is 0.710. The van der Waals surface area contributed by atoms with Crippen LogP contribution in [0, 0.1) is 5.92 Å². The Bertz CT molecular complexity index is 264. The van der Waals surface area contributed by atoms with Crippen molar-refractivity contribution in [1.82, 2.24) is 0 Å². The van der Waals surface area contributed by atoms with Gasteiger partial charge < -0.3 is 9.52 Å². The number of hydrogen-bond acceptors (Lipinski definition) is 3. The summed E-state index contributed by atoms with van der Waals surface area (Å²) in [5.41, 5.74) is 0. The fourth-order valence-corrected chi connectivity index (χ4v) is 1.38. The molecule has 0 fully saturated rings. The molecule has 0 bridgehead atoms. The van der Waals surface area contributed by atoms with Crippen molar-refractivity contribution >= 4 is 5.78 Å². The summed E-state index contributed by atoms with van der Waals surface area (Å²) in [7, 11) is 0. The zero-order chi connectivity index (χ0) is 10.4. The number of aliphatic hydroxyl groups excluding tert-OH is 1. The van der Waals surface area contributed by atoms with Crippen LogP contribution in [0.1, 0.15) is 36.7 Å². The maximum Gasteiger partial charge on any atom is 0.203 e. The molecule has 0 aliphatic heterocycles. The molecule has 0 saturated heterocycles. The van der Waals surface area contributed by atoms with Gasteiger partial charge in [0.1, 0.15) is 0 Å². The summed E-state index contributed by atoms with van der Waals surface area (Å²) >= 11 is 0. The van der Waals surface area contributed by atoms with Gasteiger partial charge in [0.25, 0.3) is 0 Å². The van der Waals surface area contributed by atoms with Gasteiger partial charge in [-0.05, 0) is 18.6 Å². The summed E-state index contributed by atoms with van der Waals surface area (Å²) in [5, 5.41) is 9.06.